The van der Waals surface area contributed by atoms with Crippen LogP contribution < -0.4 is 10.1 Å². The van der Waals surface area contributed by atoms with Crippen molar-refractivity contribution in [1.82, 2.24) is 0 Å². The van der Waals surface area contributed by atoms with Gasteiger partial charge < -0.3 is 19.2 Å². The summed E-state index contributed by atoms with van der Waals surface area (Å²) in [4.78, 5) is 24.0. The quantitative estimate of drug-likeness (QED) is 0.642. The fourth-order valence-corrected chi connectivity index (χ4v) is 2.43. The molecule has 138 valence electrons. The first-order valence-corrected chi connectivity index (χ1v) is 8.40. The molecule has 0 unspecified atom stereocenters. The fraction of sp³-hybridized carbons (Fsp3) is 0.143. The van der Waals surface area contributed by atoms with Crippen LogP contribution in [0.3, 0.4) is 0 Å². The summed E-state index contributed by atoms with van der Waals surface area (Å²) in [5.41, 5.74) is 2.03. The maximum Gasteiger partial charge on any atom is 0.338 e. The molecule has 3 rings (SSSR count). The van der Waals surface area contributed by atoms with Gasteiger partial charge in [0, 0.05) is 12.1 Å². The maximum absolute atomic E-state index is 12.1. The number of nitrogens with one attached hydrogen (secondary N) is 1. The van der Waals surface area contributed by atoms with E-state index in [0.29, 0.717) is 17.7 Å². The van der Waals surface area contributed by atoms with Crippen molar-refractivity contribution in [3.8, 4) is 5.75 Å². The highest BCUT2D eigenvalue weighted by molar-refractivity contribution is 6.02. The summed E-state index contributed by atoms with van der Waals surface area (Å²) >= 11 is 0. The first-order chi connectivity index (χ1) is 13.2. The Balaban J connectivity index is 1.49. The van der Waals surface area contributed by atoms with Gasteiger partial charge in [-0.15, -0.1) is 0 Å². The lowest BCUT2D eigenvalue weighted by molar-refractivity contribution is 0.0509. The van der Waals surface area contributed by atoms with Gasteiger partial charge in [-0.2, -0.15) is 0 Å². The molecule has 27 heavy (non-hydrogen) atoms. The largest absolute Gasteiger partial charge is 0.497 e. The molecule has 0 spiro atoms. The van der Waals surface area contributed by atoms with Crippen LogP contribution in [0.2, 0.25) is 0 Å². The molecule has 0 aliphatic rings. The van der Waals surface area contributed by atoms with E-state index >= 15 is 0 Å². The predicted octanol–water partition coefficient (Wildman–Crippen LogP) is 3.94. The van der Waals surface area contributed by atoms with Crippen LogP contribution in [0.15, 0.2) is 71.3 Å². The van der Waals surface area contributed by atoms with E-state index in [9.17, 15) is 9.59 Å². The zero-order valence-electron chi connectivity index (χ0n) is 14.8. The number of esters is 1. The van der Waals surface area contributed by atoms with E-state index in [4.69, 9.17) is 13.9 Å². The van der Waals surface area contributed by atoms with Crippen LogP contribution in [0, 0.1) is 0 Å². The van der Waals surface area contributed by atoms with Gasteiger partial charge in [0.1, 0.15) is 5.75 Å². The van der Waals surface area contributed by atoms with Crippen LogP contribution in [0.1, 0.15) is 26.5 Å². The first kappa shape index (κ1) is 18.3. The molecule has 2 aromatic carbocycles. The number of anilines is 1. The van der Waals surface area contributed by atoms with Crippen LogP contribution in [-0.2, 0) is 11.2 Å². The van der Waals surface area contributed by atoms with Crippen molar-refractivity contribution in [1.29, 1.82) is 0 Å². The van der Waals surface area contributed by atoms with Gasteiger partial charge in [0.2, 0.25) is 0 Å². The fourth-order valence-electron chi connectivity index (χ4n) is 2.43. The summed E-state index contributed by atoms with van der Waals surface area (Å²) in [5.74, 6) is 0.245. The van der Waals surface area contributed by atoms with Crippen molar-refractivity contribution >= 4 is 17.6 Å². The highest BCUT2D eigenvalue weighted by Crippen LogP contribution is 2.14. The third-order valence-electron chi connectivity index (χ3n) is 3.91. The number of hydrogen-bond acceptors (Lipinski definition) is 5. The smallest absolute Gasteiger partial charge is 0.338 e. The van der Waals surface area contributed by atoms with Crippen molar-refractivity contribution < 1.29 is 23.5 Å². The summed E-state index contributed by atoms with van der Waals surface area (Å²) < 4.78 is 15.4. The molecule has 6 nitrogen and oxygen atoms in total. The average molecular weight is 365 g/mol. The number of furan rings is 1. The molecule has 1 heterocycles. The Hall–Kier alpha value is -3.54. The summed E-state index contributed by atoms with van der Waals surface area (Å²) in [7, 11) is 1.62. The number of benzene rings is 2. The van der Waals surface area contributed by atoms with Gasteiger partial charge in [-0.3, -0.25) is 4.79 Å². The van der Waals surface area contributed by atoms with Crippen LogP contribution in [0.4, 0.5) is 5.69 Å². The molecule has 6 heteroatoms. The molecule has 0 bridgehead atoms. The Bertz CT molecular complexity index is 883. The lowest BCUT2D eigenvalue weighted by Crippen LogP contribution is -2.11. The predicted molar refractivity (Wildman–Crippen MR) is 100 cm³/mol. The van der Waals surface area contributed by atoms with E-state index in [1.165, 1.54) is 6.26 Å². The van der Waals surface area contributed by atoms with Crippen LogP contribution in [0.25, 0.3) is 0 Å². The van der Waals surface area contributed by atoms with Crippen LogP contribution >= 0.6 is 0 Å². The minimum Gasteiger partial charge on any atom is -0.497 e. The van der Waals surface area contributed by atoms with E-state index in [0.717, 1.165) is 11.3 Å². The second kappa shape index (κ2) is 8.71. The second-order valence-electron chi connectivity index (χ2n) is 5.74. The first-order valence-electron chi connectivity index (χ1n) is 8.40. The second-order valence-corrected chi connectivity index (χ2v) is 5.74. The van der Waals surface area contributed by atoms with Gasteiger partial charge in [-0.1, -0.05) is 12.1 Å². The minimum absolute atomic E-state index is 0.219. The normalized spacial score (nSPS) is 10.3. The summed E-state index contributed by atoms with van der Waals surface area (Å²) in [6.45, 7) is 0.280. The number of hydrogen-bond donors (Lipinski definition) is 1. The van der Waals surface area contributed by atoms with Crippen LogP contribution in [-0.4, -0.2) is 25.6 Å². The lowest BCUT2D eigenvalue weighted by Gasteiger charge is -2.07. The molecule has 1 aromatic heterocycles. The van der Waals surface area contributed by atoms with E-state index in [2.05, 4.69) is 5.32 Å². The molecule has 0 saturated heterocycles. The third kappa shape index (κ3) is 4.98. The highest BCUT2D eigenvalue weighted by Gasteiger charge is 2.10. The summed E-state index contributed by atoms with van der Waals surface area (Å²) in [6.07, 6.45) is 2.05. The monoisotopic (exact) mass is 365 g/mol. The molecule has 0 aliphatic carbocycles. The average Bonchev–Trinajstić information content (AvgIpc) is 3.24. The van der Waals surface area contributed by atoms with Crippen molar-refractivity contribution in [2.24, 2.45) is 0 Å². The molecule has 0 atom stereocenters. The van der Waals surface area contributed by atoms with Gasteiger partial charge in [-0.05, 0) is 54.1 Å². The van der Waals surface area contributed by atoms with Gasteiger partial charge in [0.15, 0.2) is 5.76 Å². The van der Waals surface area contributed by atoms with E-state index in [1.54, 1.807) is 43.5 Å². The molecule has 3 aromatic rings. The molecule has 1 N–H and O–H groups in total. The Morgan fingerprint density at radius 3 is 2.37 bits per heavy atom. The minimum atomic E-state index is -0.410. The molecule has 0 saturated carbocycles. The third-order valence-corrected chi connectivity index (χ3v) is 3.91. The molecule has 1 amide bonds. The topological polar surface area (TPSA) is 77.8 Å². The number of rotatable bonds is 7. The zero-order chi connectivity index (χ0) is 19.1. The Morgan fingerprint density at radius 2 is 1.74 bits per heavy atom. The van der Waals surface area contributed by atoms with Gasteiger partial charge >= 0.3 is 5.97 Å². The number of carbonyl (C=O) groups is 2. The Labute approximate surface area is 156 Å². The van der Waals surface area contributed by atoms with Crippen LogP contribution in [0.5, 0.6) is 5.75 Å². The number of amides is 1. The molecule has 0 radical (unpaired) electrons. The van der Waals surface area contributed by atoms with Gasteiger partial charge in [-0.25, -0.2) is 4.79 Å². The SMILES string of the molecule is COc1ccc(CCOC(=O)c2ccc(NC(=O)c3ccco3)cc2)cc1. The molecule has 0 fully saturated rings. The number of carbonyl (C=O) groups excluding carboxylic acids is 2. The summed E-state index contributed by atoms with van der Waals surface area (Å²) in [6, 6.07) is 17.3. The number of methoxy groups -OCH3 is 1. The highest BCUT2D eigenvalue weighted by atomic mass is 16.5. The van der Waals surface area contributed by atoms with E-state index in [1.807, 2.05) is 24.3 Å². The number of ether oxygens (including phenoxy) is 2. The van der Waals surface area contributed by atoms with Crippen molar-refractivity contribution in [2.45, 2.75) is 6.42 Å². The molecular weight excluding hydrogens is 346 g/mol. The molecular formula is C21H19NO5. The van der Waals surface area contributed by atoms with Gasteiger partial charge in [0.05, 0.1) is 25.5 Å². The van der Waals surface area contributed by atoms with Crippen molar-refractivity contribution in [3.63, 3.8) is 0 Å². The van der Waals surface area contributed by atoms with E-state index in [-0.39, 0.29) is 18.3 Å². The van der Waals surface area contributed by atoms with E-state index < -0.39 is 5.97 Å². The molecule has 0 aliphatic heterocycles. The summed E-state index contributed by atoms with van der Waals surface area (Å²) in [5, 5.41) is 2.69. The van der Waals surface area contributed by atoms with Crippen molar-refractivity contribution in [3.05, 3.63) is 83.8 Å². The maximum atomic E-state index is 12.1. The van der Waals surface area contributed by atoms with Crippen molar-refractivity contribution in [2.75, 3.05) is 19.0 Å². The Morgan fingerprint density at radius 1 is 1.00 bits per heavy atom. The lowest BCUT2D eigenvalue weighted by atomic mass is 10.1. The van der Waals surface area contributed by atoms with Gasteiger partial charge in [0.25, 0.3) is 5.91 Å². The standard InChI is InChI=1S/C21H19NO5/c1-25-18-10-4-15(5-11-18)12-14-27-21(24)16-6-8-17(9-7-16)22-20(23)19-3-2-13-26-19/h2-11,13H,12,14H2,1H3,(H,22,23). The Kier molecular flexibility index (Phi) is 5.89. The zero-order valence-corrected chi connectivity index (χ0v) is 14.8.